The highest BCUT2D eigenvalue weighted by molar-refractivity contribution is 5.98. The Morgan fingerprint density at radius 3 is 2.46 bits per heavy atom. The van der Waals surface area contributed by atoms with Crippen molar-refractivity contribution in [2.45, 2.75) is 32.1 Å². The van der Waals surface area contributed by atoms with Gasteiger partial charge in [-0.05, 0) is 56.5 Å². The van der Waals surface area contributed by atoms with Gasteiger partial charge in [0.2, 0.25) is 5.91 Å². The van der Waals surface area contributed by atoms with Gasteiger partial charge in [0.25, 0.3) is 5.91 Å². The number of nitrogens with zero attached hydrogens (tertiary/aromatic N) is 1. The molecule has 0 atom stereocenters. The van der Waals surface area contributed by atoms with Gasteiger partial charge in [0.15, 0.2) is 6.61 Å². The molecule has 2 aromatic rings. The van der Waals surface area contributed by atoms with Crippen molar-refractivity contribution in [1.29, 1.82) is 0 Å². The van der Waals surface area contributed by atoms with Crippen molar-refractivity contribution in [3.8, 4) is 5.75 Å². The van der Waals surface area contributed by atoms with Gasteiger partial charge in [-0.25, -0.2) is 4.39 Å². The molecule has 2 amide bonds. The summed E-state index contributed by atoms with van der Waals surface area (Å²) in [5.41, 5.74) is 0.456. The molecule has 0 unspecified atom stereocenters. The van der Waals surface area contributed by atoms with Crippen LogP contribution in [0.15, 0.2) is 48.5 Å². The Bertz CT molecular complexity index is 843. The minimum atomic E-state index is -0.837. The number of anilines is 1. The van der Waals surface area contributed by atoms with E-state index in [1.54, 1.807) is 55.1 Å². The Labute approximate surface area is 164 Å². The monoisotopic (exact) mass is 384 g/mol. The van der Waals surface area contributed by atoms with Crippen LogP contribution in [0.2, 0.25) is 0 Å². The zero-order valence-electron chi connectivity index (χ0n) is 16.2. The molecule has 1 saturated heterocycles. The number of hydrogen-bond acceptors (Lipinski definition) is 3. The first-order chi connectivity index (χ1) is 13.4. The minimum Gasteiger partial charge on any atom is -0.484 e. The maximum atomic E-state index is 13.2. The Morgan fingerprint density at radius 2 is 1.79 bits per heavy atom. The lowest BCUT2D eigenvalue weighted by Gasteiger charge is -2.24. The van der Waals surface area contributed by atoms with Crippen molar-refractivity contribution in [1.82, 2.24) is 4.90 Å². The molecule has 1 heterocycles. The Balaban J connectivity index is 1.62. The van der Waals surface area contributed by atoms with Crippen LogP contribution >= 0.6 is 0 Å². The fourth-order valence-electron chi connectivity index (χ4n) is 3.15. The molecule has 0 saturated carbocycles. The smallest absolute Gasteiger partial charge is 0.260 e. The van der Waals surface area contributed by atoms with Crippen molar-refractivity contribution in [3.63, 3.8) is 0 Å². The molecule has 3 rings (SSSR count). The molecule has 0 aliphatic carbocycles. The van der Waals surface area contributed by atoms with Gasteiger partial charge in [-0.3, -0.25) is 9.59 Å². The van der Waals surface area contributed by atoms with Crippen molar-refractivity contribution >= 4 is 17.5 Å². The van der Waals surface area contributed by atoms with E-state index in [2.05, 4.69) is 5.32 Å². The molecule has 28 heavy (non-hydrogen) atoms. The van der Waals surface area contributed by atoms with Gasteiger partial charge >= 0.3 is 0 Å². The molecule has 0 radical (unpaired) electrons. The third-order valence-corrected chi connectivity index (χ3v) is 5.05. The molecule has 0 bridgehead atoms. The molecule has 1 aliphatic rings. The Morgan fingerprint density at radius 1 is 1.11 bits per heavy atom. The van der Waals surface area contributed by atoms with Gasteiger partial charge in [-0.15, -0.1) is 0 Å². The van der Waals surface area contributed by atoms with Crippen LogP contribution in [0.5, 0.6) is 5.75 Å². The van der Waals surface area contributed by atoms with E-state index in [0.717, 1.165) is 31.5 Å². The number of benzene rings is 2. The second kappa shape index (κ2) is 8.42. The summed E-state index contributed by atoms with van der Waals surface area (Å²) in [5.74, 6) is -0.0630. The van der Waals surface area contributed by atoms with E-state index < -0.39 is 5.41 Å². The molecule has 6 heteroatoms. The summed E-state index contributed by atoms with van der Waals surface area (Å²) in [5, 5.41) is 2.87. The van der Waals surface area contributed by atoms with Gasteiger partial charge in [-0.1, -0.05) is 18.2 Å². The van der Waals surface area contributed by atoms with Crippen LogP contribution < -0.4 is 10.1 Å². The summed E-state index contributed by atoms with van der Waals surface area (Å²) in [4.78, 5) is 26.7. The molecule has 1 N–H and O–H groups in total. The van der Waals surface area contributed by atoms with Gasteiger partial charge < -0.3 is 15.0 Å². The van der Waals surface area contributed by atoms with Gasteiger partial charge in [0.05, 0.1) is 5.41 Å². The van der Waals surface area contributed by atoms with Crippen molar-refractivity contribution in [2.24, 2.45) is 0 Å². The number of ether oxygens (including phenoxy) is 1. The van der Waals surface area contributed by atoms with E-state index in [4.69, 9.17) is 4.74 Å². The lowest BCUT2D eigenvalue weighted by molar-refractivity contribution is -0.132. The SMILES string of the molecule is CC(C)(C(=O)Nc1cccc(OCC(=O)N2CCCC2)c1)c1ccc(F)cc1. The highest BCUT2D eigenvalue weighted by Crippen LogP contribution is 2.26. The number of carbonyl (C=O) groups is 2. The first-order valence-corrected chi connectivity index (χ1v) is 9.44. The van der Waals surface area contributed by atoms with Crippen molar-refractivity contribution < 1.29 is 18.7 Å². The van der Waals surface area contributed by atoms with Gasteiger partial charge in [-0.2, -0.15) is 0 Å². The third-order valence-electron chi connectivity index (χ3n) is 5.05. The molecule has 2 aromatic carbocycles. The van der Waals surface area contributed by atoms with E-state index in [1.165, 1.54) is 12.1 Å². The number of likely N-dealkylation sites (tertiary alicyclic amines) is 1. The van der Waals surface area contributed by atoms with Crippen LogP contribution in [0.4, 0.5) is 10.1 Å². The molecule has 0 aromatic heterocycles. The van der Waals surface area contributed by atoms with E-state index in [9.17, 15) is 14.0 Å². The zero-order chi connectivity index (χ0) is 20.1. The summed E-state index contributed by atoms with van der Waals surface area (Å²) in [6, 6.07) is 12.9. The average Bonchev–Trinajstić information content (AvgIpc) is 3.21. The molecule has 1 aliphatic heterocycles. The summed E-state index contributed by atoms with van der Waals surface area (Å²) in [6.45, 7) is 5.13. The quantitative estimate of drug-likeness (QED) is 0.825. The summed E-state index contributed by atoms with van der Waals surface area (Å²) in [7, 11) is 0. The summed E-state index contributed by atoms with van der Waals surface area (Å²) in [6.07, 6.45) is 2.08. The number of halogens is 1. The molecule has 0 spiro atoms. The number of carbonyl (C=O) groups excluding carboxylic acids is 2. The van der Waals surface area contributed by atoms with Gasteiger partial charge in [0.1, 0.15) is 11.6 Å². The maximum absolute atomic E-state index is 13.2. The minimum absolute atomic E-state index is 0.0154. The van der Waals surface area contributed by atoms with E-state index >= 15 is 0 Å². The molecular formula is C22H25FN2O3. The van der Waals surface area contributed by atoms with Crippen molar-refractivity contribution in [3.05, 3.63) is 59.9 Å². The zero-order valence-corrected chi connectivity index (χ0v) is 16.2. The lowest BCUT2D eigenvalue weighted by atomic mass is 9.83. The molecule has 1 fully saturated rings. The van der Waals surface area contributed by atoms with Crippen LogP contribution in [0.1, 0.15) is 32.3 Å². The average molecular weight is 384 g/mol. The fourth-order valence-corrected chi connectivity index (χ4v) is 3.15. The van der Waals surface area contributed by atoms with E-state index in [-0.39, 0.29) is 24.2 Å². The predicted molar refractivity (Wildman–Crippen MR) is 106 cm³/mol. The summed E-state index contributed by atoms with van der Waals surface area (Å²) >= 11 is 0. The van der Waals surface area contributed by atoms with Crippen LogP contribution in [0, 0.1) is 5.82 Å². The standard InChI is InChI=1S/C22H25FN2O3/c1-22(2,16-8-10-17(23)11-9-16)21(27)24-18-6-5-7-19(14-18)28-15-20(26)25-12-3-4-13-25/h5-11,14H,3-4,12-13,15H2,1-2H3,(H,24,27). The highest BCUT2D eigenvalue weighted by atomic mass is 19.1. The number of hydrogen-bond donors (Lipinski definition) is 1. The largest absolute Gasteiger partial charge is 0.484 e. The van der Waals surface area contributed by atoms with Crippen LogP contribution in [-0.4, -0.2) is 36.4 Å². The first kappa shape index (κ1) is 19.9. The molecule has 5 nitrogen and oxygen atoms in total. The second-order valence-corrected chi connectivity index (χ2v) is 7.49. The highest BCUT2D eigenvalue weighted by Gasteiger charge is 2.30. The number of rotatable bonds is 6. The van der Waals surface area contributed by atoms with Crippen LogP contribution in [0.3, 0.4) is 0 Å². The first-order valence-electron chi connectivity index (χ1n) is 9.44. The predicted octanol–water partition coefficient (Wildman–Crippen LogP) is 3.74. The maximum Gasteiger partial charge on any atom is 0.260 e. The van der Waals surface area contributed by atoms with Gasteiger partial charge in [0, 0.05) is 24.8 Å². The van der Waals surface area contributed by atoms with Crippen molar-refractivity contribution in [2.75, 3.05) is 25.0 Å². The Kier molecular flexibility index (Phi) is 5.97. The molecule has 148 valence electrons. The number of amides is 2. The molecular weight excluding hydrogens is 359 g/mol. The van der Waals surface area contributed by atoms with Crippen LogP contribution in [-0.2, 0) is 15.0 Å². The topological polar surface area (TPSA) is 58.6 Å². The van der Waals surface area contributed by atoms with Crippen LogP contribution in [0.25, 0.3) is 0 Å². The van der Waals surface area contributed by atoms with E-state index in [1.807, 2.05) is 0 Å². The number of nitrogens with one attached hydrogen (secondary N) is 1. The lowest BCUT2D eigenvalue weighted by Crippen LogP contribution is -2.34. The third kappa shape index (κ3) is 4.68. The fraction of sp³-hybridized carbons (Fsp3) is 0.364. The normalized spacial score (nSPS) is 14.0. The Hall–Kier alpha value is -2.89. The van der Waals surface area contributed by atoms with E-state index in [0.29, 0.717) is 11.4 Å². The summed E-state index contributed by atoms with van der Waals surface area (Å²) < 4.78 is 18.8. The second-order valence-electron chi connectivity index (χ2n) is 7.49.